The van der Waals surface area contributed by atoms with Crippen molar-refractivity contribution in [2.24, 2.45) is 10.9 Å². The van der Waals surface area contributed by atoms with Gasteiger partial charge < -0.3 is 15.4 Å². The first-order chi connectivity index (χ1) is 12.7. The van der Waals surface area contributed by atoms with Crippen LogP contribution < -0.4 is 10.6 Å². The van der Waals surface area contributed by atoms with Crippen molar-refractivity contribution in [3.63, 3.8) is 0 Å². The average molecular weight is 484 g/mol. The molecule has 1 unspecified atom stereocenters. The van der Waals surface area contributed by atoms with Crippen LogP contribution in [0.3, 0.4) is 0 Å². The highest BCUT2D eigenvalue weighted by molar-refractivity contribution is 14.0. The summed E-state index contributed by atoms with van der Waals surface area (Å²) in [6, 6.07) is 10.4. The van der Waals surface area contributed by atoms with Crippen molar-refractivity contribution in [2.75, 3.05) is 26.7 Å². The minimum absolute atomic E-state index is 0. The summed E-state index contributed by atoms with van der Waals surface area (Å²) >= 11 is 0. The Morgan fingerprint density at radius 2 is 1.89 bits per heavy atom. The van der Waals surface area contributed by atoms with E-state index < -0.39 is 0 Å². The quantitative estimate of drug-likeness (QED) is 0.321. The van der Waals surface area contributed by atoms with Gasteiger partial charge in [0.05, 0.1) is 11.6 Å². The molecule has 0 aliphatic heterocycles. The molecule has 27 heavy (non-hydrogen) atoms. The van der Waals surface area contributed by atoms with Gasteiger partial charge in [-0.3, -0.25) is 9.98 Å². The lowest BCUT2D eigenvalue weighted by atomic mass is 10.0. The fourth-order valence-electron chi connectivity index (χ4n) is 3.06. The molecule has 0 aliphatic carbocycles. The topological polar surface area (TPSA) is 58.5 Å². The number of pyridine rings is 1. The van der Waals surface area contributed by atoms with Gasteiger partial charge in [-0.05, 0) is 37.3 Å². The van der Waals surface area contributed by atoms with Crippen LogP contribution in [0.5, 0.6) is 0 Å². The summed E-state index contributed by atoms with van der Waals surface area (Å²) in [6.07, 6.45) is 4.01. The largest absolute Gasteiger partial charge is 0.378 e. The third kappa shape index (κ3) is 7.62. The van der Waals surface area contributed by atoms with Gasteiger partial charge in [0, 0.05) is 38.3 Å². The lowest BCUT2D eigenvalue weighted by Crippen LogP contribution is -2.40. The highest BCUT2D eigenvalue weighted by Crippen LogP contribution is 2.16. The van der Waals surface area contributed by atoms with Gasteiger partial charge in [0.15, 0.2) is 5.96 Å². The highest BCUT2D eigenvalue weighted by Gasteiger charge is 2.13. The molecule has 0 saturated heterocycles. The number of rotatable bonds is 9. The Hall–Kier alpha value is -1.41. The smallest absolute Gasteiger partial charge is 0.190 e. The van der Waals surface area contributed by atoms with E-state index in [1.54, 1.807) is 7.05 Å². The van der Waals surface area contributed by atoms with Crippen LogP contribution >= 0.6 is 24.0 Å². The second-order valence-corrected chi connectivity index (χ2v) is 6.69. The normalized spacial score (nSPS) is 12.7. The molecular formula is C21H33IN4O. The van der Waals surface area contributed by atoms with Gasteiger partial charge in [0.2, 0.25) is 0 Å². The zero-order valence-corrected chi connectivity index (χ0v) is 19.2. The summed E-state index contributed by atoms with van der Waals surface area (Å²) in [4.78, 5) is 8.82. The van der Waals surface area contributed by atoms with Crippen LogP contribution in [-0.4, -0.2) is 43.8 Å². The highest BCUT2D eigenvalue weighted by atomic mass is 127. The zero-order valence-electron chi connectivity index (χ0n) is 16.9. The molecule has 1 aromatic carbocycles. The Balaban J connectivity index is 0.00000364. The summed E-state index contributed by atoms with van der Waals surface area (Å²) < 4.78 is 5.79. The van der Waals surface area contributed by atoms with Crippen molar-refractivity contribution in [3.05, 3.63) is 42.1 Å². The zero-order chi connectivity index (χ0) is 18.8. The molecule has 0 aliphatic rings. The standard InChI is InChI=1S/C21H32N4O.HI/c1-5-26-19(16(2)3)12-15-25-21(22-4)24-14-11-18-9-6-8-17-10-7-13-23-20(17)18;/h6-10,13,16,19H,5,11-12,14-15H2,1-4H3,(H2,22,24,25);1H. The molecule has 0 spiro atoms. The molecule has 2 rings (SSSR count). The number of guanidine groups is 1. The summed E-state index contributed by atoms with van der Waals surface area (Å²) in [6.45, 7) is 8.87. The molecule has 0 bridgehead atoms. The predicted octanol–water partition coefficient (Wildman–Crippen LogP) is 4.01. The molecule has 5 nitrogen and oxygen atoms in total. The van der Waals surface area contributed by atoms with Crippen molar-refractivity contribution in [3.8, 4) is 0 Å². The van der Waals surface area contributed by atoms with Crippen LogP contribution in [0, 0.1) is 5.92 Å². The number of fused-ring (bicyclic) bond motifs is 1. The predicted molar refractivity (Wildman–Crippen MR) is 125 cm³/mol. The molecule has 1 aromatic heterocycles. The Labute approximate surface area is 180 Å². The van der Waals surface area contributed by atoms with Gasteiger partial charge in [0.25, 0.3) is 0 Å². The molecule has 150 valence electrons. The molecule has 2 aromatic rings. The van der Waals surface area contributed by atoms with Crippen molar-refractivity contribution < 1.29 is 4.74 Å². The summed E-state index contributed by atoms with van der Waals surface area (Å²) in [5, 5.41) is 7.95. The van der Waals surface area contributed by atoms with E-state index in [-0.39, 0.29) is 30.1 Å². The number of hydrogen-bond donors (Lipinski definition) is 2. The number of aromatic nitrogens is 1. The summed E-state index contributed by atoms with van der Waals surface area (Å²) in [5.41, 5.74) is 2.33. The lowest BCUT2D eigenvalue weighted by molar-refractivity contribution is 0.0258. The lowest BCUT2D eigenvalue weighted by Gasteiger charge is -2.21. The van der Waals surface area contributed by atoms with Crippen LogP contribution in [0.1, 0.15) is 32.8 Å². The molecule has 1 heterocycles. The van der Waals surface area contributed by atoms with Crippen molar-refractivity contribution >= 4 is 40.8 Å². The van der Waals surface area contributed by atoms with Crippen molar-refractivity contribution in [2.45, 2.75) is 39.7 Å². The average Bonchev–Trinajstić information content (AvgIpc) is 2.66. The maximum absolute atomic E-state index is 5.79. The van der Waals surface area contributed by atoms with E-state index in [9.17, 15) is 0 Å². The third-order valence-electron chi connectivity index (χ3n) is 4.47. The summed E-state index contributed by atoms with van der Waals surface area (Å²) in [7, 11) is 1.80. The van der Waals surface area contributed by atoms with Gasteiger partial charge >= 0.3 is 0 Å². The van der Waals surface area contributed by atoms with Crippen LogP contribution in [-0.2, 0) is 11.2 Å². The first-order valence-electron chi connectivity index (χ1n) is 9.54. The van der Waals surface area contributed by atoms with Gasteiger partial charge in [0.1, 0.15) is 0 Å². The van der Waals surface area contributed by atoms with Gasteiger partial charge in [-0.1, -0.05) is 38.1 Å². The van der Waals surface area contributed by atoms with Gasteiger partial charge in [-0.15, -0.1) is 24.0 Å². The van der Waals surface area contributed by atoms with Crippen LogP contribution in [0.15, 0.2) is 41.5 Å². The molecular weight excluding hydrogens is 451 g/mol. The fraction of sp³-hybridized carbons (Fsp3) is 0.524. The van der Waals surface area contributed by atoms with Crippen LogP contribution in [0.4, 0.5) is 0 Å². The molecule has 0 radical (unpaired) electrons. The molecule has 2 N–H and O–H groups in total. The minimum Gasteiger partial charge on any atom is -0.378 e. The number of benzene rings is 1. The number of halogens is 1. The third-order valence-corrected chi connectivity index (χ3v) is 4.47. The van der Waals surface area contributed by atoms with Crippen LogP contribution in [0.2, 0.25) is 0 Å². The SMILES string of the molecule is CCOC(CCNC(=NC)NCCc1cccc2cccnc12)C(C)C.I. The van der Waals surface area contributed by atoms with E-state index >= 15 is 0 Å². The van der Waals surface area contributed by atoms with Crippen molar-refractivity contribution in [1.29, 1.82) is 0 Å². The van der Waals surface area contributed by atoms with Crippen LogP contribution in [0.25, 0.3) is 10.9 Å². The Morgan fingerprint density at radius 3 is 2.59 bits per heavy atom. The molecule has 0 amide bonds. The molecule has 6 heteroatoms. The van der Waals surface area contributed by atoms with Crippen molar-refractivity contribution in [1.82, 2.24) is 15.6 Å². The Morgan fingerprint density at radius 1 is 1.15 bits per heavy atom. The number of ether oxygens (including phenoxy) is 1. The Kier molecular flexibility index (Phi) is 11.3. The van der Waals surface area contributed by atoms with E-state index in [0.29, 0.717) is 5.92 Å². The maximum atomic E-state index is 5.79. The fourth-order valence-corrected chi connectivity index (χ4v) is 3.06. The maximum Gasteiger partial charge on any atom is 0.190 e. The second-order valence-electron chi connectivity index (χ2n) is 6.69. The second kappa shape index (κ2) is 12.9. The van der Waals surface area contributed by atoms with E-state index in [4.69, 9.17) is 4.74 Å². The molecule has 0 saturated carbocycles. The molecule has 1 atom stereocenters. The Bertz CT molecular complexity index is 700. The van der Waals surface area contributed by atoms with Gasteiger partial charge in [-0.25, -0.2) is 0 Å². The van der Waals surface area contributed by atoms with E-state index in [1.807, 2.05) is 19.2 Å². The number of nitrogens with zero attached hydrogens (tertiary/aromatic N) is 2. The van der Waals surface area contributed by atoms with E-state index in [2.05, 4.69) is 58.7 Å². The number of aliphatic imine (C=N–C) groups is 1. The minimum atomic E-state index is 0. The molecule has 0 fully saturated rings. The number of hydrogen-bond acceptors (Lipinski definition) is 3. The van der Waals surface area contributed by atoms with E-state index in [0.717, 1.165) is 44.0 Å². The first-order valence-corrected chi connectivity index (χ1v) is 9.54. The summed E-state index contributed by atoms with van der Waals surface area (Å²) in [5.74, 6) is 1.35. The van der Waals surface area contributed by atoms with E-state index in [1.165, 1.54) is 10.9 Å². The van der Waals surface area contributed by atoms with Gasteiger partial charge in [-0.2, -0.15) is 0 Å². The monoisotopic (exact) mass is 484 g/mol. The first kappa shape index (κ1) is 23.6. The number of nitrogens with one attached hydrogen (secondary N) is 2. The number of para-hydroxylation sites is 1.